The maximum absolute atomic E-state index is 14.6. The smallest absolute Gasteiger partial charge is 0.248 e. The second-order valence-corrected chi connectivity index (χ2v) is 21.8. The highest BCUT2D eigenvalue weighted by Crippen LogP contribution is 2.31. The zero-order valence-electron chi connectivity index (χ0n) is 45.6. The maximum Gasteiger partial charge on any atom is 0.248 e. The lowest BCUT2D eigenvalue weighted by atomic mass is 9.91. The van der Waals surface area contributed by atoms with Crippen molar-refractivity contribution in [3.8, 4) is 5.75 Å². The summed E-state index contributed by atoms with van der Waals surface area (Å²) in [6.07, 6.45) is -11.0. The number of phenols is 1. The van der Waals surface area contributed by atoms with Gasteiger partial charge >= 0.3 is 0 Å². The van der Waals surface area contributed by atoms with Crippen LogP contribution in [0, 0.1) is 11.8 Å². The number of fused-ring (bicyclic) bond motifs is 2. The minimum Gasteiger partial charge on any atom is -0.506 e. The molecule has 17 N–H and O–H groups in total. The number of rotatable bonds is 22. The summed E-state index contributed by atoms with van der Waals surface area (Å²) in [6.45, 7) is 6.65. The summed E-state index contributed by atoms with van der Waals surface area (Å²) in [5.74, 6) is -10.2. The first-order valence-corrected chi connectivity index (χ1v) is 27.9. The molecular weight excluding hydrogens is 1070 g/mol. The third-order valence-electron chi connectivity index (χ3n) is 14.8. The van der Waals surface area contributed by atoms with Gasteiger partial charge in [-0.05, 0) is 55.7 Å². The summed E-state index contributed by atoms with van der Waals surface area (Å²) in [6, 6.07) is -9.24. The second-order valence-electron chi connectivity index (χ2n) is 21.5. The fourth-order valence-electron chi connectivity index (χ4n) is 10.1. The van der Waals surface area contributed by atoms with E-state index in [1.54, 1.807) is 0 Å². The topological polar surface area (TPSA) is 440 Å². The molecule has 3 aliphatic heterocycles. The SMILES string of the molecule is CCC(C)CC(C)CCCCCCCCC(=O)NC1C[C@@H](O)[C@@H](O)NC(=O)[C@@H]2[C@@H](O)CCN2C(=O)[C@H]([C@@H](O)CC(N)=O)NC(=O)[C@H]([C@H](O)[C@@H](O)c2ccc(O)c(NC(=O)CS)c2)NC(=O)[C@@H]2C[C@@H](O)CN2C(=O)[C@H]([C@H](C)O)NC1=O. The molecule has 0 bridgehead atoms. The lowest BCUT2D eigenvalue weighted by Crippen LogP contribution is -2.64. The van der Waals surface area contributed by atoms with Crippen LogP contribution in [0.5, 0.6) is 5.75 Å². The van der Waals surface area contributed by atoms with Gasteiger partial charge in [-0.1, -0.05) is 71.8 Å². The number of unbranched alkanes of at least 4 members (excludes halogenated alkanes) is 5. The number of benzene rings is 1. The molecule has 3 aliphatic rings. The van der Waals surface area contributed by atoms with Gasteiger partial charge in [0, 0.05) is 32.4 Å². The Hall–Kier alpha value is -5.72. The number of primary amides is 1. The van der Waals surface area contributed by atoms with E-state index in [1.807, 2.05) is 5.32 Å². The van der Waals surface area contributed by atoms with E-state index >= 15 is 0 Å². The molecule has 3 heterocycles. The van der Waals surface area contributed by atoms with Gasteiger partial charge in [-0.15, -0.1) is 0 Å². The maximum atomic E-state index is 14.6. The zero-order valence-corrected chi connectivity index (χ0v) is 46.5. The van der Waals surface area contributed by atoms with Crippen molar-refractivity contribution in [1.82, 2.24) is 36.4 Å². The highest BCUT2D eigenvalue weighted by molar-refractivity contribution is 7.81. The minimum absolute atomic E-state index is 0.0976. The first-order valence-electron chi connectivity index (χ1n) is 27.3. The van der Waals surface area contributed by atoms with Crippen molar-refractivity contribution >= 4 is 71.5 Å². The summed E-state index contributed by atoms with van der Waals surface area (Å²) < 4.78 is 0. The van der Waals surface area contributed by atoms with E-state index in [9.17, 15) is 89.1 Å². The van der Waals surface area contributed by atoms with Crippen molar-refractivity contribution in [2.24, 2.45) is 17.6 Å². The number of hydrogen-bond donors (Lipinski definition) is 17. The van der Waals surface area contributed by atoms with Gasteiger partial charge in [0.15, 0.2) is 6.23 Å². The zero-order chi connectivity index (χ0) is 59.7. The Labute approximate surface area is 469 Å². The lowest BCUT2D eigenvalue weighted by molar-refractivity contribution is -0.149. The van der Waals surface area contributed by atoms with Crippen LogP contribution in [0.4, 0.5) is 5.69 Å². The van der Waals surface area contributed by atoms with Gasteiger partial charge in [0.1, 0.15) is 60.3 Å². The van der Waals surface area contributed by atoms with E-state index in [0.717, 1.165) is 68.5 Å². The molecule has 28 heteroatoms. The molecular formula is C52H83N9O18S. The Morgan fingerprint density at radius 3 is 2.01 bits per heavy atom. The number of carbonyl (C=O) groups excluding carboxylic acids is 9. The van der Waals surface area contributed by atoms with E-state index in [4.69, 9.17) is 5.73 Å². The van der Waals surface area contributed by atoms with Gasteiger partial charge in [-0.25, -0.2) is 0 Å². The van der Waals surface area contributed by atoms with Crippen LogP contribution < -0.4 is 37.6 Å². The number of hydrogen-bond acceptors (Lipinski definition) is 19. The number of phenolic OH excluding ortho intramolecular Hbond substituents is 1. The Kier molecular flexibility index (Phi) is 26.3. The van der Waals surface area contributed by atoms with Crippen LogP contribution in [-0.2, 0) is 43.2 Å². The molecule has 1 aromatic carbocycles. The number of amides is 9. The minimum atomic E-state index is -2.50. The first kappa shape index (κ1) is 66.8. The molecule has 1 aromatic rings. The van der Waals surface area contributed by atoms with E-state index in [0.29, 0.717) is 29.6 Å². The molecule has 0 spiro atoms. The number of nitrogens with two attached hydrogens (primary N) is 1. The summed E-state index contributed by atoms with van der Waals surface area (Å²) in [5.41, 5.74) is 4.74. The molecule has 9 amide bonds. The number of aromatic hydroxyl groups is 1. The molecule has 3 unspecified atom stereocenters. The van der Waals surface area contributed by atoms with Gasteiger partial charge in [0.05, 0.1) is 42.3 Å². The number of nitrogens with one attached hydrogen (secondary N) is 6. The highest BCUT2D eigenvalue weighted by Gasteiger charge is 2.49. The number of carbonyl (C=O) groups is 9. The quantitative estimate of drug-likeness (QED) is 0.0305. The molecule has 0 saturated carbocycles. The molecule has 0 radical (unpaired) electrons. The van der Waals surface area contributed by atoms with Gasteiger partial charge < -0.3 is 93.4 Å². The van der Waals surface area contributed by atoms with Crippen molar-refractivity contribution in [2.45, 2.75) is 203 Å². The monoisotopic (exact) mass is 1150 g/mol. The van der Waals surface area contributed by atoms with E-state index in [2.05, 4.69) is 60.0 Å². The fourth-order valence-corrected chi connectivity index (χ4v) is 10.2. The molecule has 4 rings (SSSR count). The molecule has 80 heavy (non-hydrogen) atoms. The van der Waals surface area contributed by atoms with Crippen LogP contribution in [-0.4, -0.2) is 207 Å². The fraction of sp³-hybridized carbons (Fsp3) is 0.712. The van der Waals surface area contributed by atoms with Crippen molar-refractivity contribution in [1.29, 1.82) is 0 Å². The van der Waals surface area contributed by atoms with Crippen LogP contribution in [0.1, 0.15) is 129 Å². The predicted octanol–water partition coefficient (Wildman–Crippen LogP) is -3.47. The van der Waals surface area contributed by atoms with Crippen molar-refractivity contribution < 1.29 is 89.1 Å². The van der Waals surface area contributed by atoms with Gasteiger partial charge in [-0.3, -0.25) is 43.2 Å². The second kappa shape index (κ2) is 31.5. The van der Waals surface area contributed by atoms with Gasteiger partial charge in [-0.2, -0.15) is 12.6 Å². The summed E-state index contributed by atoms with van der Waals surface area (Å²) >= 11 is 3.87. The van der Waals surface area contributed by atoms with Crippen molar-refractivity contribution in [2.75, 3.05) is 24.2 Å². The standard InChI is InChI=1S/C52H83N9O18S/c1-5-25(2)18-26(3)12-10-8-6-7-9-11-13-38(69)55-31-21-36(67)48(75)59-50(77)43-34(65)16-17-60(43)52(79)41(35(66)22-37(53)68)57-49(76)42(45(72)44(71)28-14-15-33(64)30(19-28)54-39(70)24-80)58-47(74)32-20-29(63)23-61(32)51(78)40(27(4)62)56-46(31)73/h14-15,19,25-27,29,31-32,34-36,40-45,48,62-67,71-72,75,80H,5-13,16-18,20-24H2,1-4H3,(H2,53,68)(H,54,70)(H,55,69)(H,56,73)(H,57,76)(H,58,74)(H,59,77)/t25?,26?,27-,29+,31?,32-,34-,35-,36+,40-,41-,42-,43-,44-,45-,48+/m0/s1. The van der Waals surface area contributed by atoms with Crippen LogP contribution in [0.2, 0.25) is 0 Å². The average Bonchev–Trinajstić information content (AvgIpc) is 4.00. The molecule has 3 fully saturated rings. The third-order valence-corrected chi connectivity index (χ3v) is 15.1. The number of aliphatic hydroxyl groups is 8. The van der Waals surface area contributed by atoms with Crippen molar-refractivity contribution in [3.05, 3.63) is 23.8 Å². The van der Waals surface area contributed by atoms with Gasteiger partial charge in [0.25, 0.3) is 0 Å². The lowest BCUT2D eigenvalue weighted by Gasteiger charge is -2.34. The largest absolute Gasteiger partial charge is 0.506 e. The normalized spacial score (nSPS) is 27.9. The third kappa shape index (κ3) is 18.9. The molecule has 0 aliphatic carbocycles. The molecule has 450 valence electrons. The van der Waals surface area contributed by atoms with E-state index in [-0.39, 0.29) is 29.8 Å². The Morgan fingerprint density at radius 1 is 0.750 bits per heavy atom. The Balaban J connectivity index is 1.73. The van der Waals surface area contributed by atoms with Crippen LogP contribution in [0.25, 0.3) is 0 Å². The predicted molar refractivity (Wildman–Crippen MR) is 288 cm³/mol. The van der Waals surface area contributed by atoms with Gasteiger partial charge in [0.2, 0.25) is 53.2 Å². The number of aliphatic hydroxyl groups excluding tert-OH is 8. The Morgan fingerprint density at radius 2 is 1.38 bits per heavy atom. The van der Waals surface area contributed by atoms with Crippen LogP contribution >= 0.6 is 12.6 Å². The van der Waals surface area contributed by atoms with Crippen LogP contribution in [0.3, 0.4) is 0 Å². The molecule has 0 aromatic heterocycles. The first-order chi connectivity index (χ1) is 37.7. The number of thiol groups is 1. The number of nitrogens with zero attached hydrogens (tertiary/aromatic N) is 2. The molecule has 27 nitrogen and oxygen atoms in total. The van der Waals surface area contributed by atoms with Crippen molar-refractivity contribution in [3.63, 3.8) is 0 Å². The highest BCUT2D eigenvalue weighted by atomic mass is 32.1. The summed E-state index contributed by atoms with van der Waals surface area (Å²) in [7, 11) is 0. The molecule has 3 saturated heterocycles. The molecule has 16 atom stereocenters. The average molecular weight is 1150 g/mol. The summed E-state index contributed by atoms with van der Waals surface area (Å²) in [4.78, 5) is 125. The Bertz CT molecular complexity index is 2320. The van der Waals surface area contributed by atoms with E-state index in [1.165, 1.54) is 6.42 Å². The van der Waals surface area contributed by atoms with Crippen LogP contribution in [0.15, 0.2) is 18.2 Å². The number of anilines is 1. The van der Waals surface area contributed by atoms with E-state index < -0.39 is 176 Å². The summed E-state index contributed by atoms with van der Waals surface area (Å²) in [5, 5.41) is 114.